The fraction of sp³-hybridized carbons (Fsp3) is 0.385. The summed E-state index contributed by atoms with van der Waals surface area (Å²) in [4.78, 5) is 22.5. The summed E-state index contributed by atoms with van der Waals surface area (Å²) in [5, 5.41) is 5.46. The summed E-state index contributed by atoms with van der Waals surface area (Å²) in [6.07, 6.45) is 0.701. The Morgan fingerprint density at radius 1 is 1.22 bits per heavy atom. The van der Waals surface area contributed by atoms with Crippen molar-refractivity contribution in [3.05, 3.63) is 29.3 Å². The van der Waals surface area contributed by atoms with E-state index in [1.54, 1.807) is 12.1 Å². The molecule has 0 atom stereocenters. The third-order valence-electron chi connectivity index (χ3n) is 2.52. The van der Waals surface area contributed by atoms with Crippen LogP contribution in [0.4, 0.5) is 5.69 Å². The minimum Gasteiger partial charge on any atom is -0.399 e. The van der Waals surface area contributed by atoms with Gasteiger partial charge in [0.1, 0.15) is 0 Å². The normalized spacial score (nSPS) is 9.89. The Hall–Kier alpha value is -2.04. The lowest BCUT2D eigenvalue weighted by Crippen LogP contribution is -2.29. The minimum atomic E-state index is -0.136. The molecule has 0 aliphatic rings. The number of nitrogen functional groups attached to an aromatic ring is 1. The molecule has 0 saturated carbocycles. The average Bonchev–Trinajstić information content (AvgIpc) is 2.31. The molecule has 0 saturated heterocycles. The number of amides is 2. The van der Waals surface area contributed by atoms with Gasteiger partial charge in [-0.15, -0.1) is 0 Å². The van der Waals surface area contributed by atoms with Gasteiger partial charge in [0, 0.05) is 31.3 Å². The van der Waals surface area contributed by atoms with Gasteiger partial charge in [0.25, 0.3) is 5.91 Å². The zero-order valence-electron chi connectivity index (χ0n) is 10.7. The predicted octanol–water partition coefficient (Wildman–Crippen LogP) is 0.833. The van der Waals surface area contributed by atoms with Crippen molar-refractivity contribution in [3.8, 4) is 0 Å². The van der Waals surface area contributed by atoms with Crippen molar-refractivity contribution in [2.24, 2.45) is 0 Å². The first-order valence-electron chi connectivity index (χ1n) is 5.89. The molecule has 0 aromatic heterocycles. The highest BCUT2D eigenvalue weighted by Crippen LogP contribution is 2.12. The number of hydrogen-bond acceptors (Lipinski definition) is 3. The van der Waals surface area contributed by atoms with Gasteiger partial charge in [0.15, 0.2) is 0 Å². The van der Waals surface area contributed by atoms with Crippen LogP contribution in [0, 0.1) is 6.92 Å². The van der Waals surface area contributed by atoms with Gasteiger partial charge in [-0.05, 0) is 31.0 Å². The summed E-state index contributed by atoms with van der Waals surface area (Å²) in [7, 11) is 0. The number of nitrogens with two attached hydrogens (primary N) is 1. The molecule has 1 aromatic rings. The van der Waals surface area contributed by atoms with Crippen LogP contribution in [0.2, 0.25) is 0 Å². The van der Waals surface area contributed by atoms with Gasteiger partial charge in [-0.1, -0.05) is 6.07 Å². The maximum absolute atomic E-state index is 11.9. The van der Waals surface area contributed by atoms with Gasteiger partial charge in [-0.2, -0.15) is 0 Å². The maximum Gasteiger partial charge on any atom is 0.251 e. The topological polar surface area (TPSA) is 84.2 Å². The Bertz CT molecular complexity index is 444. The van der Waals surface area contributed by atoms with Crippen LogP contribution in [0.25, 0.3) is 0 Å². The van der Waals surface area contributed by atoms with E-state index in [0.29, 0.717) is 30.8 Å². The van der Waals surface area contributed by atoms with E-state index in [4.69, 9.17) is 5.73 Å². The average molecular weight is 249 g/mol. The van der Waals surface area contributed by atoms with E-state index in [2.05, 4.69) is 10.6 Å². The fourth-order valence-electron chi connectivity index (χ4n) is 1.53. The van der Waals surface area contributed by atoms with Crippen molar-refractivity contribution in [1.82, 2.24) is 10.6 Å². The molecule has 0 aliphatic carbocycles. The van der Waals surface area contributed by atoms with Crippen LogP contribution in [0.1, 0.15) is 29.3 Å². The Balaban J connectivity index is 2.41. The van der Waals surface area contributed by atoms with Gasteiger partial charge in [0.2, 0.25) is 5.91 Å². The van der Waals surface area contributed by atoms with Crippen LogP contribution in [-0.2, 0) is 4.79 Å². The second-order valence-electron chi connectivity index (χ2n) is 4.17. The number of nitrogens with one attached hydrogen (secondary N) is 2. The van der Waals surface area contributed by atoms with E-state index in [1.165, 1.54) is 6.92 Å². The zero-order valence-corrected chi connectivity index (χ0v) is 10.7. The van der Waals surface area contributed by atoms with E-state index in [0.717, 1.165) is 5.56 Å². The standard InChI is InChI=1S/C13H19N3O2/c1-9-4-5-11(14)8-12(9)13(18)16-7-3-6-15-10(2)17/h4-5,8H,3,6-7,14H2,1-2H3,(H,15,17)(H,16,18). The molecule has 0 unspecified atom stereocenters. The van der Waals surface area contributed by atoms with Crippen LogP contribution in [0.15, 0.2) is 18.2 Å². The summed E-state index contributed by atoms with van der Waals surface area (Å²) >= 11 is 0. The van der Waals surface area contributed by atoms with Crippen molar-refractivity contribution in [3.63, 3.8) is 0 Å². The Kier molecular flexibility index (Phi) is 5.17. The highest BCUT2D eigenvalue weighted by molar-refractivity contribution is 5.96. The number of rotatable bonds is 5. The number of benzene rings is 1. The summed E-state index contributed by atoms with van der Waals surface area (Å²) in [5.74, 6) is -0.198. The SMILES string of the molecule is CC(=O)NCCCNC(=O)c1cc(N)ccc1C. The zero-order chi connectivity index (χ0) is 13.5. The Morgan fingerprint density at radius 2 is 1.89 bits per heavy atom. The number of carbonyl (C=O) groups excluding carboxylic acids is 2. The smallest absolute Gasteiger partial charge is 0.251 e. The van der Waals surface area contributed by atoms with Crippen molar-refractivity contribution < 1.29 is 9.59 Å². The molecule has 4 N–H and O–H groups in total. The van der Waals surface area contributed by atoms with Gasteiger partial charge in [-0.3, -0.25) is 9.59 Å². The third-order valence-corrected chi connectivity index (χ3v) is 2.52. The van der Waals surface area contributed by atoms with Gasteiger partial charge >= 0.3 is 0 Å². The van der Waals surface area contributed by atoms with Gasteiger partial charge < -0.3 is 16.4 Å². The molecule has 0 radical (unpaired) electrons. The van der Waals surface area contributed by atoms with Crippen LogP contribution in [0.3, 0.4) is 0 Å². The first-order chi connectivity index (χ1) is 8.50. The van der Waals surface area contributed by atoms with Gasteiger partial charge in [0.05, 0.1) is 0 Å². The second-order valence-corrected chi connectivity index (χ2v) is 4.17. The Morgan fingerprint density at radius 3 is 2.56 bits per heavy atom. The summed E-state index contributed by atoms with van der Waals surface area (Å²) in [5.41, 5.74) is 7.70. The van der Waals surface area contributed by atoms with E-state index in [9.17, 15) is 9.59 Å². The predicted molar refractivity (Wildman–Crippen MR) is 71.2 cm³/mol. The van der Waals surface area contributed by atoms with Crippen molar-refractivity contribution >= 4 is 17.5 Å². The van der Waals surface area contributed by atoms with Crippen LogP contribution in [0.5, 0.6) is 0 Å². The van der Waals surface area contributed by atoms with E-state index < -0.39 is 0 Å². The van der Waals surface area contributed by atoms with Crippen LogP contribution < -0.4 is 16.4 Å². The van der Waals surface area contributed by atoms with E-state index >= 15 is 0 Å². The number of aryl methyl sites for hydroxylation is 1. The molecule has 0 spiro atoms. The molecular weight excluding hydrogens is 230 g/mol. The van der Waals surface area contributed by atoms with E-state index in [-0.39, 0.29) is 11.8 Å². The number of hydrogen-bond donors (Lipinski definition) is 3. The molecule has 0 bridgehead atoms. The lowest BCUT2D eigenvalue weighted by Gasteiger charge is -2.08. The summed E-state index contributed by atoms with van der Waals surface area (Å²) < 4.78 is 0. The maximum atomic E-state index is 11.9. The highest BCUT2D eigenvalue weighted by Gasteiger charge is 2.08. The summed E-state index contributed by atoms with van der Waals surface area (Å²) in [6.45, 7) is 4.42. The molecule has 0 heterocycles. The molecule has 2 amide bonds. The van der Waals surface area contributed by atoms with Crippen LogP contribution >= 0.6 is 0 Å². The molecule has 18 heavy (non-hydrogen) atoms. The van der Waals surface area contributed by atoms with Crippen molar-refractivity contribution in [2.75, 3.05) is 18.8 Å². The molecule has 1 rings (SSSR count). The Labute approximate surface area is 107 Å². The molecule has 5 heteroatoms. The first kappa shape index (κ1) is 14.0. The lowest BCUT2D eigenvalue weighted by molar-refractivity contribution is -0.118. The highest BCUT2D eigenvalue weighted by atomic mass is 16.2. The fourth-order valence-corrected chi connectivity index (χ4v) is 1.53. The number of carbonyl (C=O) groups is 2. The molecule has 5 nitrogen and oxygen atoms in total. The quantitative estimate of drug-likeness (QED) is 0.534. The molecular formula is C13H19N3O2. The van der Waals surface area contributed by atoms with Crippen molar-refractivity contribution in [2.45, 2.75) is 20.3 Å². The molecule has 1 aromatic carbocycles. The monoisotopic (exact) mass is 249 g/mol. The first-order valence-corrected chi connectivity index (χ1v) is 5.89. The van der Waals surface area contributed by atoms with Crippen LogP contribution in [-0.4, -0.2) is 24.9 Å². The van der Waals surface area contributed by atoms with E-state index in [1.807, 2.05) is 13.0 Å². The third kappa shape index (κ3) is 4.45. The minimum absolute atomic E-state index is 0.0620. The van der Waals surface area contributed by atoms with Crippen molar-refractivity contribution in [1.29, 1.82) is 0 Å². The summed E-state index contributed by atoms with van der Waals surface area (Å²) in [6, 6.07) is 5.25. The molecule has 0 fully saturated rings. The second kappa shape index (κ2) is 6.64. The molecule has 98 valence electrons. The number of anilines is 1. The lowest BCUT2D eigenvalue weighted by atomic mass is 10.1. The molecule has 0 aliphatic heterocycles. The largest absolute Gasteiger partial charge is 0.399 e. The van der Waals surface area contributed by atoms with Gasteiger partial charge in [-0.25, -0.2) is 0 Å².